The number of aromatic nitrogens is 3. The first-order valence-electron chi connectivity index (χ1n) is 4.89. The van der Waals surface area contributed by atoms with Crippen molar-refractivity contribution in [3.63, 3.8) is 0 Å². The minimum Gasteiger partial charge on any atom is -0.315 e. The fourth-order valence-electron chi connectivity index (χ4n) is 1.30. The number of halogens is 1. The lowest BCUT2D eigenvalue weighted by Crippen LogP contribution is -2.14. The Kier molecular flexibility index (Phi) is 3.38. The van der Waals surface area contributed by atoms with Crippen LogP contribution in [0.2, 0.25) is 5.15 Å². The van der Waals surface area contributed by atoms with E-state index < -0.39 is 16.5 Å². The SMILES string of the molecule is Cc1noc(NC(=O)c2ccnc(Cl)c2[N+](=O)[O-])n1. The van der Waals surface area contributed by atoms with Crippen LogP contribution in [0.25, 0.3) is 0 Å². The number of carbonyl (C=O) groups is 1. The number of hydrogen-bond donors (Lipinski definition) is 1. The first kappa shape index (κ1) is 12.9. The van der Waals surface area contributed by atoms with Crippen LogP contribution in [0.15, 0.2) is 16.8 Å². The van der Waals surface area contributed by atoms with E-state index in [9.17, 15) is 14.9 Å². The molecule has 0 aromatic carbocycles. The van der Waals surface area contributed by atoms with Crippen LogP contribution in [0.3, 0.4) is 0 Å². The molecular weight excluding hydrogens is 278 g/mol. The highest BCUT2D eigenvalue weighted by atomic mass is 35.5. The van der Waals surface area contributed by atoms with E-state index in [-0.39, 0.29) is 16.7 Å². The maximum absolute atomic E-state index is 11.9. The summed E-state index contributed by atoms with van der Waals surface area (Å²) in [7, 11) is 0. The third kappa shape index (κ3) is 2.65. The Morgan fingerprint density at radius 1 is 1.58 bits per heavy atom. The third-order valence-corrected chi connectivity index (χ3v) is 2.33. The molecule has 0 aliphatic carbocycles. The second-order valence-electron chi connectivity index (χ2n) is 3.36. The van der Waals surface area contributed by atoms with Gasteiger partial charge in [0, 0.05) is 6.20 Å². The highest BCUT2D eigenvalue weighted by molar-refractivity contribution is 6.32. The second-order valence-corrected chi connectivity index (χ2v) is 3.71. The van der Waals surface area contributed by atoms with E-state index in [4.69, 9.17) is 11.6 Å². The molecule has 0 radical (unpaired) electrons. The van der Waals surface area contributed by atoms with Crippen LogP contribution in [-0.2, 0) is 0 Å². The zero-order valence-corrected chi connectivity index (χ0v) is 10.2. The van der Waals surface area contributed by atoms with E-state index >= 15 is 0 Å². The smallest absolute Gasteiger partial charge is 0.315 e. The van der Waals surface area contributed by atoms with Gasteiger partial charge in [0.15, 0.2) is 5.82 Å². The van der Waals surface area contributed by atoms with E-state index in [2.05, 4.69) is 25.0 Å². The summed E-state index contributed by atoms with van der Waals surface area (Å²) < 4.78 is 4.68. The van der Waals surface area contributed by atoms with Crippen molar-refractivity contribution in [1.82, 2.24) is 15.1 Å². The van der Waals surface area contributed by atoms with Gasteiger partial charge in [-0.15, -0.1) is 0 Å². The summed E-state index contributed by atoms with van der Waals surface area (Å²) in [5.41, 5.74) is -0.834. The number of rotatable bonds is 3. The average molecular weight is 284 g/mol. The minimum atomic E-state index is -0.792. The molecule has 0 atom stereocenters. The molecule has 0 spiro atoms. The molecule has 0 bridgehead atoms. The van der Waals surface area contributed by atoms with Gasteiger partial charge >= 0.3 is 11.7 Å². The summed E-state index contributed by atoms with van der Waals surface area (Å²) in [6.07, 6.45) is 1.18. The van der Waals surface area contributed by atoms with Crippen LogP contribution >= 0.6 is 11.6 Å². The van der Waals surface area contributed by atoms with Crippen LogP contribution < -0.4 is 5.32 Å². The molecule has 0 unspecified atom stereocenters. The fourth-order valence-corrected chi connectivity index (χ4v) is 1.52. The summed E-state index contributed by atoms with van der Waals surface area (Å²) >= 11 is 5.59. The standard InChI is InChI=1S/C9H6ClN5O4/c1-4-12-9(19-14-4)13-8(16)5-2-3-11-7(10)6(5)15(17)18/h2-3H,1H3,(H,12,13,14,16). The Balaban J connectivity index is 2.34. The molecule has 0 saturated carbocycles. The van der Waals surface area contributed by atoms with Gasteiger partial charge in [-0.2, -0.15) is 4.98 Å². The van der Waals surface area contributed by atoms with Crippen molar-refractivity contribution < 1.29 is 14.2 Å². The second kappa shape index (κ2) is 4.98. The lowest BCUT2D eigenvalue weighted by molar-refractivity contribution is -0.385. The number of pyridine rings is 1. The Morgan fingerprint density at radius 3 is 2.89 bits per heavy atom. The van der Waals surface area contributed by atoms with E-state index in [1.165, 1.54) is 12.3 Å². The average Bonchev–Trinajstić information content (AvgIpc) is 2.73. The Hall–Kier alpha value is -2.55. The summed E-state index contributed by atoms with van der Waals surface area (Å²) in [5, 5.41) is 16.2. The maximum Gasteiger partial charge on any atom is 0.328 e. The van der Waals surface area contributed by atoms with Gasteiger partial charge in [-0.25, -0.2) is 4.98 Å². The number of hydrogen-bond acceptors (Lipinski definition) is 7. The van der Waals surface area contributed by atoms with Gasteiger partial charge in [0.05, 0.1) is 4.92 Å². The van der Waals surface area contributed by atoms with E-state index in [0.717, 1.165) is 0 Å². The Bertz CT molecular complexity index is 656. The molecule has 1 N–H and O–H groups in total. The van der Waals surface area contributed by atoms with Crippen LogP contribution in [0.4, 0.5) is 11.7 Å². The molecule has 2 rings (SSSR count). The lowest BCUT2D eigenvalue weighted by atomic mass is 10.2. The van der Waals surface area contributed by atoms with Crippen molar-refractivity contribution in [2.75, 3.05) is 5.32 Å². The fraction of sp³-hybridized carbons (Fsp3) is 0.111. The Morgan fingerprint density at radius 2 is 2.32 bits per heavy atom. The molecule has 0 aliphatic heterocycles. The molecular formula is C9H6ClN5O4. The topological polar surface area (TPSA) is 124 Å². The van der Waals surface area contributed by atoms with Crippen molar-refractivity contribution in [2.45, 2.75) is 6.92 Å². The van der Waals surface area contributed by atoms with Crippen molar-refractivity contribution in [2.24, 2.45) is 0 Å². The lowest BCUT2D eigenvalue weighted by Gasteiger charge is -2.02. The van der Waals surface area contributed by atoms with Gasteiger partial charge in [0.1, 0.15) is 5.56 Å². The summed E-state index contributed by atoms with van der Waals surface area (Å²) in [4.78, 5) is 29.2. The summed E-state index contributed by atoms with van der Waals surface area (Å²) in [5.74, 6) is -0.475. The van der Waals surface area contributed by atoms with Crippen molar-refractivity contribution in [1.29, 1.82) is 0 Å². The molecule has 10 heteroatoms. The zero-order chi connectivity index (χ0) is 14.0. The number of carbonyl (C=O) groups excluding carboxylic acids is 1. The van der Waals surface area contributed by atoms with E-state index in [0.29, 0.717) is 5.82 Å². The highest BCUT2D eigenvalue weighted by Crippen LogP contribution is 2.26. The predicted octanol–water partition coefficient (Wildman–Crippen LogP) is 1.59. The third-order valence-electron chi connectivity index (χ3n) is 2.05. The largest absolute Gasteiger partial charge is 0.328 e. The number of aryl methyl sites for hydroxylation is 1. The number of anilines is 1. The quantitative estimate of drug-likeness (QED) is 0.515. The molecule has 1 amide bonds. The molecule has 2 aromatic rings. The maximum atomic E-state index is 11.9. The van der Waals surface area contributed by atoms with Crippen molar-refractivity contribution in [3.05, 3.63) is 38.9 Å². The molecule has 9 nitrogen and oxygen atoms in total. The zero-order valence-electron chi connectivity index (χ0n) is 9.45. The number of amides is 1. The molecule has 0 fully saturated rings. The molecule has 2 heterocycles. The van der Waals surface area contributed by atoms with Gasteiger partial charge in [-0.05, 0) is 13.0 Å². The summed E-state index contributed by atoms with van der Waals surface area (Å²) in [6.45, 7) is 1.56. The van der Waals surface area contributed by atoms with Crippen LogP contribution in [0.5, 0.6) is 0 Å². The molecule has 98 valence electrons. The van der Waals surface area contributed by atoms with Gasteiger partial charge in [-0.1, -0.05) is 16.8 Å². The molecule has 19 heavy (non-hydrogen) atoms. The van der Waals surface area contributed by atoms with Crippen LogP contribution in [0, 0.1) is 17.0 Å². The van der Waals surface area contributed by atoms with E-state index in [1.54, 1.807) is 6.92 Å². The molecule has 2 aromatic heterocycles. The monoisotopic (exact) mass is 283 g/mol. The minimum absolute atomic E-state index is 0.162. The van der Waals surface area contributed by atoms with Crippen LogP contribution in [0.1, 0.15) is 16.2 Å². The van der Waals surface area contributed by atoms with E-state index in [1.807, 2.05) is 0 Å². The number of nitrogens with zero attached hydrogens (tertiary/aromatic N) is 4. The predicted molar refractivity (Wildman–Crippen MR) is 62.9 cm³/mol. The number of nitrogens with one attached hydrogen (secondary N) is 1. The Labute approximate surface area is 110 Å². The van der Waals surface area contributed by atoms with Crippen LogP contribution in [-0.4, -0.2) is 26.0 Å². The molecule has 0 aliphatic rings. The first-order chi connectivity index (χ1) is 8.99. The van der Waals surface area contributed by atoms with Gasteiger partial charge in [0.25, 0.3) is 5.91 Å². The normalized spacial score (nSPS) is 10.2. The van der Waals surface area contributed by atoms with Gasteiger partial charge in [0.2, 0.25) is 5.15 Å². The van der Waals surface area contributed by atoms with Gasteiger partial charge in [-0.3, -0.25) is 20.2 Å². The van der Waals surface area contributed by atoms with Crippen molar-refractivity contribution in [3.8, 4) is 0 Å². The summed E-state index contributed by atoms with van der Waals surface area (Å²) in [6, 6.07) is 1.01. The van der Waals surface area contributed by atoms with Crippen molar-refractivity contribution >= 4 is 29.2 Å². The highest BCUT2D eigenvalue weighted by Gasteiger charge is 2.25. The number of nitro groups is 1. The first-order valence-corrected chi connectivity index (χ1v) is 5.27. The van der Waals surface area contributed by atoms with Gasteiger partial charge < -0.3 is 4.52 Å². The molecule has 0 saturated heterocycles.